The summed E-state index contributed by atoms with van der Waals surface area (Å²) in [5.41, 5.74) is 6.48. The third-order valence-electron chi connectivity index (χ3n) is 4.49. The summed E-state index contributed by atoms with van der Waals surface area (Å²) in [5, 5.41) is 0. The monoisotopic (exact) mass is 345 g/mol. The van der Waals surface area contributed by atoms with Gasteiger partial charge in [-0.3, -0.25) is 4.90 Å². The number of aromatic nitrogens is 3. The van der Waals surface area contributed by atoms with E-state index in [2.05, 4.69) is 31.7 Å². The van der Waals surface area contributed by atoms with Gasteiger partial charge in [0.1, 0.15) is 5.82 Å². The molecular weight excluding hydrogens is 321 g/mol. The summed E-state index contributed by atoms with van der Waals surface area (Å²) in [4.78, 5) is 19.1. The highest BCUT2D eigenvalue weighted by Gasteiger charge is 2.25. The molecule has 134 valence electrons. The smallest absolute Gasteiger partial charge is 0.229 e. The Hall–Kier alpha value is -2.48. The van der Waals surface area contributed by atoms with E-state index in [1.165, 1.54) is 6.07 Å². The second-order valence-corrected chi connectivity index (χ2v) is 6.40. The molecule has 0 radical (unpaired) electrons. The Morgan fingerprint density at radius 3 is 2.40 bits per heavy atom. The van der Waals surface area contributed by atoms with Crippen LogP contribution in [0, 0.1) is 5.82 Å². The Labute approximate surface area is 147 Å². The molecule has 1 fully saturated rings. The minimum atomic E-state index is -0.176. The van der Waals surface area contributed by atoms with Gasteiger partial charge in [-0.25, -0.2) is 4.39 Å². The standard InChI is InChI=1S/C17H24FN7/c1-12(15-20-16(19)22-17(21-15)23(2)3)24-8-10-25(11-9-24)14-7-5-4-6-13(14)18/h4-7,12H,8-11H2,1-3H3,(H2,19,20,21,22)/t12-/m0/s1. The normalized spacial score (nSPS) is 16.7. The van der Waals surface area contributed by atoms with E-state index in [-0.39, 0.29) is 17.8 Å². The van der Waals surface area contributed by atoms with Crippen molar-refractivity contribution in [1.82, 2.24) is 19.9 Å². The molecular formula is C17H24FN7. The van der Waals surface area contributed by atoms with Crippen molar-refractivity contribution in [2.75, 3.05) is 55.8 Å². The van der Waals surface area contributed by atoms with Gasteiger partial charge in [0.25, 0.3) is 0 Å². The van der Waals surface area contributed by atoms with Gasteiger partial charge in [-0.2, -0.15) is 15.0 Å². The minimum Gasteiger partial charge on any atom is -0.368 e. The number of rotatable bonds is 4. The Morgan fingerprint density at radius 1 is 1.08 bits per heavy atom. The first-order chi connectivity index (χ1) is 12.0. The van der Waals surface area contributed by atoms with Gasteiger partial charge < -0.3 is 15.5 Å². The summed E-state index contributed by atoms with van der Waals surface area (Å²) in [6, 6.07) is 6.92. The molecule has 8 heteroatoms. The van der Waals surface area contributed by atoms with Crippen molar-refractivity contribution >= 4 is 17.6 Å². The molecule has 0 aliphatic carbocycles. The van der Waals surface area contributed by atoms with Gasteiger partial charge in [0.05, 0.1) is 11.7 Å². The van der Waals surface area contributed by atoms with E-state index in [1.807, 2.05) is 31.1 Å². The van der Waals surface area contributed by atoms with Crippen LogP contribution in [-0.2, 0) is 0 Å². The van der Waals surface area contributed by atoms with Crippen LogP contribution < -0.4 is 15.5 Å². The Bertz CT molecular complexity index is 729. The third-order valence-corrected chi connectivity index (χ3v) is 4.49. The van der Waals surface area contributed by atoms with Crippen LogP contribution in [0.25, 0.3) is 0 Å². The van der Waals surface area contributed by atoms with Gasteiger partial charge in [0, 0.05) is 40.3 Å². The second kappa shape index (κ2) is 7.18. The molecule has 0 spiro atoms. The van der Waals surface area contributed by atoms with Gasteiger partial charge in [-0.1, -0.05) is 12.1 Å². The number of para-hydroxylation sites is 1. The van der Waals surface area contributed by atoms with Crippen LogP contribution in [0.15, 0.2) is 24.3 Å². The molecule has 0 bridgehead atoms. The molecule has 1 atom stereocenters. The fraction of sp³-hybridized carbons (Fsp3) is 0.471. The van der Waals surface area contributed by atoms with Crippen molar-refractivity contribution in [1.29, 1.82) is 0 Å². The van der Waals surface area contributed by atoms with E-state index in [0.29, 0.717) is 17.5 Å². The summed E-state index contributed by atoms with van der Waals surface area (Å²) in [6.45, 7) is 5.18. The lowest BCUT2D eigenvalue weighted by molar-refractivity contribution is 0.191. The second-order valence-electron chi connectivity index (χ2n) is 6.40. The van der Waals surface area contributed by atoms with E-state index in [9.17, 15) is 4.39 Å². The number of nitrogens with zero attached hydrogens (tertiary/aromatic N) is 6. The Morgan fingerprint density at radius 2 is 1.76 bits per heavy atom. The number of nitrogen functional groups attached to an aromatic ring is 1. The van der Waals surface area contributed by atoms with Crippen molar-refractivity contribution in [2.24, 2.45) is 0 Å². The number of halogens is 1. The first-order valence-corrected chi connectivity index (χ1v) is 8.38. The summed E-state index contributed by atoms with van der Waals surface area (Å²) in [6.07, 6.45) is 0. The largest absolute Gasteiger partial charge is 0.368 e. The van der Waals surface area contributed by atoms with Gasteiger partial charge in [0.15, 0.2) is 5.82 Å². The van der Waals surface area contributed by atoms with Crippen molar-refractivity contribution in [3.8, 4) is 0 Å². The van der Waals surface area contributed by atoms with E-state index in [0.717, 1.165) is 26.2 Å². The molecule has 2 aromatic rings. The highest BCUT2D eigenvalue weighted by molar-refractivity contribution is 5.48. The summed E-state index contributed by atoms with van der Waals surface area (Å²) in [5.74, 6) is 1.27. The number of anilines is 3. The predicted molar refractivity (Wildman–Crippen MR) is 97.2 cm³/mol. The van der Waals surface area contributed by atoms with Crippen LogP contribution in [0.2, 0.25) is 0 Å². The lowest BCUT2D eigenvalue weighted by atomic mass is 10.2. The molecule has 1 aromatic carbocycles. The van der Waals surface area contributed by atoms with Crippen molar-refractivity contribution in [3.63, 3.8) is 0 Å². The SMILES string of the molecule is C[C@@H](c1nc(N)nc(N(C)C)n1)N1CCN(c2ccccc2F)CC1. The van der Waals surface area contributed by atoms with Gasteiger partial charge >= 0.3 is 0 Å². The van der Waals surface area contributed by atoms with Gasteiger partial charge in [-0.15, -0.1) is 0 Å². The molecule has 0 amide bonds. The first kappa shape index (κ1) is 17.3. The average Bonchev–Trinajstić information content (AvgIpc) is 2.61. The fourth-order valence-corrected chi connectivity index (χ4v) is 3.01. The van der Waals surface area contributed by atoms with Crippen molar-refractivity contribution in [3.05, 3.63) is 35.9 Å². The average molecular weight is 345 g/mol. The molecule has 1 aromatic heterocycles. The number of nitrogens with two attached hydrogens (primary N) is 1. The van der Waals surface area contributed by atoms with E-state index in [1.54, 1.807) is 6.07 Å². The lowest BCUT2D eigenvalue weighted by Crippen LogP contribution is -2.47. The molecule has 0 saturated carbocycles. The Balaban J connectivity index is 1.70. The fourth-order valence-electron chi connectivity index (χ4n) is 3.01. The molecule has 2 N–H and O–H groups in total. The zero-order chi connectivity index (χ0) is 18.0. The zero-order valence-corrected chi connectivity index (χ0v) is 14.9. The summed E-state index contributed by atoms with van der Waals surface area (Å²) in [7, 11) is 3.74. The topological polar surface area (TPSA) is 74.4 Å². The van der Waals surface area contributed by atoms with Crippen LogP contribution in [0.4, 0.5) is 22.0 Å². The molecule has 25 heavy (non-hydrogen) atoms. The number of hydrogen-bond donors (Lipinski definition) is 1. The molecule has 3 rings (SSSR count). The Kier molecular flexibility index (Phi) is 4.98. The van der Waals surface area contributed by atoms with Crippen LogP contribution in [0.5, 0.6) is 0 Å². The van der Waals surface area contributed by atoms with E-state index >= 15 is 0 Å². The van der Waals surface area contributed by atoms with E-state index < -0.39 is 0 Å². The molecule has 1 aliphatic rings. The van der Waals surface area contributed by atoms with Crippen LogP contribution in [-0.4, -0.2) is 60.1 Å². The third kappa shape index (κ3) is 3.79. The van der Waals surface area contributed by atoms with Crippen molar-refractivity contribution in [2.45, 2.75) is 13.0 Å². The zero-order valence-electron chi connectivity index (χ0n) is 14.9. The summed E-state index contributed by atoms with van der Waals surface area (Å²) < 4.78 is 14.0. The maximum absolute atomic E-state index is 14.0. The molecule has 1 saturated heterocycles. The quantitative estimate of drug-likeness (QED) is 0.901. The molecule has 7 nitrogen and oxygen atoms in total. The van der Waals surface area contributed by atoms with Crippen LogP contribution >= 0.6 is 0 Å². The van der Waals surface area contributed by atoms with Gasteiger partial charge in [0.2, 0.25) is 11.9 Å². The molecule has 1 aliphatic heterocycles. The molecule has 2 heterocycles. The highest BCUT2D eigenvalue weighted by atomic mass is 19.1. The van der Waals surface area contributed by atoms with Crippen molar-refractivity contribution < 1.29 is 4.39 Å². The maximum Gasteiger partial charge on any atom is 0.229 e. The minimum absolute atomic E-state index is 0.0202. The first-order valence-electron chi connectivity index (χ1n) is 8.38. The number of hydrogen-bond acceptors (Lipinski definition) is 7. The summed E-state index contributed by atoms with van der Waals surface area (Å²) >= 11 is 0. The number of benzene rings is 1. The molecule has 0 unspecified atom stereocenters. The predicted octanol–water partition coefficient (Wildman–Crippen LogP) is 1.54. The maximum atomic E-state index is 14.0. The van der Waals surface area contributed by atoms with Crippen LogP contribution in [0.3, 0.4) is 0 Å². The van der Waals surface area contributed by atoms with Crippen LogP contribution in [0.1, 0.15) is 18.8 Å². The van der Waals surface area contributed by atoms with Gasteiger partial charge in [-0.05, 0) is 19.1 Å². The highest BCUT2D eigenvalue weighted by Crippen LogP contribution is 2.24. The van der Waals surface area contributed by atoms with E-state index in [4.69, 9.17) is 5.73 Å². The number of piperazine rings is 1. The lowest BCUT2D eigenvalue weighted by Gasteiger charge is -2.38.